The first kappa shape index (κ1) is 12.5. The lowest BCUT2D eigenvalue weighted by Gasteiger charge is -2.31. The molecule has 1 fully saturated rings. The molecule has 1 heterocycles. The summed E-state index contributed by atoms with van der Waals surface area (Å²) in [5, 5.41) is 19.3. The number of β-amino-alcohol motifs (C(OH)–C–C–N with tert-alkyl or cyclic N) is 1. The van der Waals surface area contributed by atoms with Crippen molar-refractivity contribution in [1.29, 1.82) is 0 Å². The number of hydrogen-bond donors (Lipinski definition) is 2. The fourth-order valence-corrected chi connectivity index (χ4v) is 2.19. The van der Waals surface area contributed by atoms with E-state index in [9.17, 15) is 14.6 Å². The Bertz CT molecular complexity index is 364. The van der Waals surface area contributed by atoms with E-state index in [4.69, 9.17) is 0 Å². The number of hydrogen-bond acceptors (Lipinski definition) is 3. The molecule has 0 amide bonds. The molecule has 1 aromatic carbocycles. The molecular formula is C13H18FNO2. The van der Waals surface area contributed by atoms with Crippen LogP contribution >= 0.6 is 0 Å². The Balaban J connectivity index is 1.93. The van der Waals surface area contributed by atoms with Crippen LogP contribution in [0.5, 0.6) is 0 Å². The van der Waals surface area contributed by atoms with Crippen molar-refractivity contribution in [2.24, 2.45) is 0 Å². The highest BCUT2D eigenvalue weighted by Crippen LogP contribution is 2.19. The highest BCUT2D eigenvalue weighted by atomic mass is 19.1. The molecule has 3 nitrogen and oxygen atoms in total. The quantitative estimate of drug-likeness (QED) is 0.836. The molecule has 2 rings (SSSR count). The maximum atomic E-state index is 13.4. The molecule has 94 valence electrons. The number of likely N-dealkylation sites (tertiary alicyclic amines) is 1. The smallest absolute Gasteiger partial charge is 0.129 e. The summed E-state index contributed by atoms with van der Waals surface area (Å²) in [6.07, 6.45) is 0.428. The summed E-state index contributed by atoms with van der Waals surface area (Å²) in [6.45, 7) is 1.94. The number of nitrogens with zero attached hydrogens (tertiary/aromatic N) is 1. The van der Waals surface area contributed by atoms with Gasteiger partial charge in [0.1, 0.15) is 5.82 Å². The van der Waals surface area contributed by atoms with Crippen molar-refractivity contribution < 1.29 is 14.6 Å². The molecule has 0 spiro atoms. The molecule has 0 aromatic heterocycles. The van der Waals surface area contributed by atoms with Gasteiger partial charge in [-0.15, -0.1) is 0 Å². The molecule has 0 aliphatic carbocycles. The average molecular weight is 239 g/mol. The molecule has 2 N–H and O–H groups in total. The Morgan fingerprint density at radius 3 is 2.59 bits per heavy atom. The lowest BCUT2D eigenvalue weighted by atomic mass is 10.0. The number of aliphatic hydroxyl groups is 2. The van der Waals surface area contributed by atoms with Gasteiger partial charge in [-0.25, -0.2) is 4.39 Å². The van der Waals surface area contributed by atoms with Crippen LogP contribution in [0.1, 0.15) is 24.5 Å². The molecule has 1 atom stereocenters. The van der Waals surface area contributed by atoms with E-state index in [-0.39, 0.29) is 11.9 Å². The van der Waals surface area contributed by atoms with Gasteiger partial charge in [-0.2, -0.15) is 0 Å². The highest BCUT2D eigenvalue weighted by molar-refractivity contribution is 5.20. The van der Waals surface area contributed by atoms with Crippen LogP contribution in [0.15, 0.2) is 24.3 Å². The predicted octanol–water partition coefficient (Wildman–Crippen LogP) is 1.32. The van der Waals surface area contributed by atoms with Crippen molar-refractivity contribution in [3.05, 3.63) is 35.6 Å². The van der Waals surface area contributed by atoms with Crippen molar-refractivity contribution >= 4 is 0 Å². The molecule has 0 bridgehead atoms. The van der Waals surface area contributed by atoms with Gasteiger partial charge in [0.05, 0.1) is 12.2 Å². The van der Waals surface area contributed by atoms with Crippen LogP contribution in [0.3, 0.4) is 0 Å². The molecule has 1 aliphatic heterocycles. The van der Waals surface area contributed by atoms with Crippen LogP contribution in [-0.2, 0) is 0 Å². The summed E-state index contributed by atoms with van der Waals surface area (Å²) >= 11 is 0. The number of piperidine rings is 1. The Hall–Kier alpha value is -0.970. The van der Waals surface area contributed by atoms with Gasteiger partial charge in [0.15, 0.2) is 0 Å². The maximum absolute atomic E-state index is 13.4. The first-order valence-corrected chi connectivity index (χ1v) is 5.99. The van der Waals surface area contributed by atoms with Crippen molar-refractivity contribution in [2.45, 2.75) is 25.0 Å². The molecule has 0 saturated carbocycles. The van der Waals surface area contributed by atoms with E-state index in [1.54, 1.807) is 18.2 Å². The van der Waals surface area contributed by atoms with Crippen molar-refractivity contribution in [3.63, 3.8) is 0 Å². The van der Waals surface area contributed by atoms with Crippen LogP contribution in [-0.4, -0.2) is 40.9 Å². The fraction of sp³-hybridized carbons (Fsp3) is 0.538. The van der Waals surface area contributed by atoms with Gasteiger partial charge in [0, 0.05) is 25.2 Å². The van der Waals surface area contributed by atoms with E-state index >= 15 is 0 Å². The normalized spacial score (nSPS) is 20.4. The molecule has 1 unspecified atom stereocenters. The largest absolute Gasteiger partial charge is 0.393 e. The second-order valence-electron chi connectivity index (χ2n) is 4.57. The average Bonchev–Trinajstić information content (AvgIpc) is 2.32. The zero-order valence-electron chi connectivity index (χ0n) is 9.72. The Morgan fingerprint density at radius 2 is 1.94 bits per heavy atom. The molecule has 1 aromatic rings. The zero-order chi connectivity index (χ0) is 12.3. The molecule has 0 radical (unpaired) electrons. The predicted molar refractivity (Wildman–Crippen MR) is 63.0 cm³/mol. The Kier molecular flexibility index (Phi) is 4.10. The van der Waals surface area contributed by atoms with E-state index in [2.05, 4.69) is 4.90 Å². The summed E-state index contributed by atoms with van der Waals surface area (Å²) in [5.74, 6) is -0.364. The lowest BCUT2D eigenvalue weighted by molar-refractivity contribution is 0.0498. The van der Waals surface area contributed by atoms with E-state index in [1.807, 2.05) is 0 Å². The number of aliphatic hydroxyl groups excluding tert-OH is 2. The first-order valence-electron chi connectivity index (χ1n) is 5.99. The van der Waals surface area contributed by atoms with Crippen molar-refractivity contribution in [1.82, 2.24) is 4.90 Å². The summed E-state index contributed by atoms with van der Waals surface area (Å²) in [4.78, 5) is 2.06. The molecular weight excluding hydrogens is 221 g/mol. The standard InChI is InChI=1S/C13H18FNO2/c14-12-4-2-1-3-11(12)13(17)9-15-7-5-10(16)6-8-15/h1-4,10,13,16-17H,5-9H2. The maximum Gasteiger partial charge on any atom is 0.129 e. The SMILES string of the molecule is OC1CCN(CC(O)c2ccccc2F)CC1. The first-order chi connectivity index (χ1) is 8.16. The minimum absolute atomic E-state index is 0.225. The topological polar surface area (TPSA) is 43.7 Å². The van der Waals surface area contributed by atoms with E-state index < -0.39 is 6.10 Å². The van der Waals surface area contributed by atoms with Gasteiger partial charge in [0.25, 0.3) is 0 Å². The van der Waals surface area contributed by atoms with Gasteiger partial charge in [-0.05, 0) is 18.9 Å². The minimum Gasteiger partial charge on any atom is -0.393 e. The molecule has 1 saturated heterocycles. The highest BCUT2D eigenvalue weighted by Gasteiger charge is 2.21. The Morgan fingerprint density at radius 1 is 1.29 bits per heavy atom. The lowest BCUT2D eigenvalue weighted by Crippen LogP contribution is -2.38. The monoisotopic (exact) mass is 239 g/mol. The number of benzene rings is 1. The summed E-state index contributed by atoms with van der Waals surface area (Å²) in [7, 11) is 0. The van der Waals surface area contributed by atoms with Gasteiger partial charge in [-0.3, -0.25) is 0 Å². The van der Waals surface area contributed by atoms with E-state index in [0.717, 1.165) is 25.9 Å². The van der Waals surface area contributed by atoms with Crippen molar-refractivity contribution in [2.75, 3.05) is 19.6 Å². The third-order valence-corrected chi connectivity index (χ3v) is 3.25. The van der Waals surface area contributed by atoms with E-state index in [1.165, 1.54) is 6.07 Å². The van der Waals surface area contributed by atoms with Gasteiger partial charge in [-0.1, -0.05) is 18.2 Å². The van der Waals surface area contributed by atoms with Crippen LogP contribution < -0.4 is 0 Å². The summed E-state index contributed by atoms with van der Waals surface area (Å²) in [5.41, 5.74) is 0.346. The number of halogens is 1. The second kappa shape index (κ2) is 5.58. The van der Waals surface area contributed by atoms with Crippen LogP contribution in [0, 0.1) is 5.82 Å². The molecule has 4 heteroatoms. The fourth-order valence-electron chi connectivity index (χ4n) is 2.19. The number of rotatable bonds is 3. The zero-order valence-corrected chi connectivity index (χ0v) is 9.72. The second-order valence-corrected chi connectivity index (χ2v) is 4.57. The van der Waals surface area contributed by atoms with Gasteiger partial charge < -0.3 is 15.1 Å². The Labute approximate surface area is 100 Å². The van der Waals surface area contributed by atoms with Crippen LogP contribution in [0.25, 0.3) is 0 Å². The van der Waals surface area contributed by atoms with Crippen molar-refractivity contribution in [3.8, 4) is 0 Å². The summed E-state index contributed by atoms with van der Waals surface area (Å²) < 4.78 is 13.4. The van der Waals surface area contributed by atoms with E-state index in [0.29, 0.717) is 12.1 Å². The minimum atomic E-state index is -0.800. The van der Waals surface area contributed by atoms with Gasteiger partial charge in [0.2, 0.25) is 0 Å². The van der Waals surface area contributed by atoms with Gasteiger partial charge >= 0.3 is 0 Å². The van der Waals surface area contributed by atoms with Crippen LogP contribution in [0.2, 0.25) is 0 Å². The third kappa shape index (κ3) is 3.25. The third-order valence-electron chi connectivity index (χ3n) is 3.25. The molecule has 1 aliphatic rings. The van der Waals surface area contributed by atoms with Crippen LogP contribution in [0.4, 0.5) is 4.39 Å². The molecule has 17 heavy (non-hydrogen) atoms. The summed E-state index contributed by atoms with van der Waals surface area (Å²) in [6, 6.07) is 6.31.